The van der Waals surface area contributed by atoms with Crippen molar-refractivity contribution in [2.45, 2.75) is 119 Å². The number of nitrogens with zero attached hydrogens (tertiary/aromatic N) is 1. The van der Waals surface area contributed by atoms with Gasteiger partial charge in [-0.05, 0) is 61.0 Å². The zero-order valence-corrected chi connectivity index (χ0v) is 34.5. The van der Waals surface area contributed by atoms with Gasteiger partial charge < -0.3 is 20.1 Å². The lowest BCUT2D eigenvalue weighted by molar-refractivity contribution is -0.116. The van der Waals surface area contributed by atoms with Crippen LogP contribution in [0.2, 0.25) is 0 Å². The smallest absolute Gasteiger partial charge is 0.337 e. The number of hydrogen-bond donors (Lipinski definition) is 2. The minimum atomic E-state index is -1.29. The second-order valence-corrected chi connectivity index (χ2v) is 16.3. The number of unbranched alkanes of at least 4 members (excludes halogenated alkanes) is 14. The van der Waals surface area contributed by atoms with Gasteiger partial charge >= 0.3 is 11.9 Å². The lowest BCUT2D eigenvalue weighted by Crippen LogP contribution is -2.32. The van der Waals surface area contributed by atoms with Crippen molar-refractivity contribution in [1.82, 2.24) is 4.98 Å². The zero-order chi connectivity index (χ0) is 40.1. The molecule has 2 amide bonds. The molecule has 0 saturated carbocycles. The summed E-state index contributed by atoms with van der Waals surface area (Å²) in [6.45, 7) is 2.26. The number of amides is 2. The molecule has 4 rings (SSSR count). The van der Waals surface area contributed by atoms with Crippen LogP contribution >= 0.6 is 23.1 Å². The fourth-order valence-corrected chi connectivity index (χ4v) is 8.57. The van der Waals surface area contributed by atoms with Crippen molar-refractivity contribution >= 4 is 74.2 Å². The van der Waals surface area contributed by atoms with Gasteiger partial charge in [-0.2, -0.15) is 0 Å². The maximum absolute atomic E-state index is 14.0. The van der Waals surface area contributed by atoms with Gasteiger partial charge in [0.25, 0.3) is 0 Å². The molecular weight excluding hydrogens is 747 g/mol. The molecule has 10 nitrogen and oxygen atoms in total. The van der Waals surface area contributed by atoms with E-state index < -0.39 is 28.9 Å². The molecule has 12 heteroatoms. The van der Waals surface area contributed by atoms with E-state index in [2.05, 4.69) is 22.5 Å². The molecule has 56 heavy (non-hydrogen) atoms. The SMILES string of the molecule is CCCCCCCCCCCCCCCCCC(=O)Nc1ccc(C(=O)[C@@H](Sc2nc3ccccc3s2)C(=O)Nc2cc(C(=O)OC)cc(C(=O)OC)c2)cc1. The Kier molecular flexibility index (Phi) is 19.1. The second kappa shape index (κ2) is 24.2. The first-order chi connectivity index (χ1) is 27.2. The molecule has 0 radical (unpaired) electrons. The molecule has 0 unspecified atom stereocenters. The number of benzene rings is 3. The first-order valence-corrected chi connectivity index (χ1v) is 21.5. The van der Waals surface area contributed by atoms with E-state index in [0.717, 1.165) is 41.2 Å². The Balaban J connectivity index is 1.30. The predicted octanol–water partition coefficient (Wildman–Crippen LogP) is 11.1. The number of methoxy groups -OCH3 is 2. The largest absolute Gasteiger partial charge is 0.465 e. The minimum Gasteiger partial charge on any atom is -0.465 e. The monoisotopic (exact) mass is 801 g/mol. The first kappa shape index (κ1) is 44.2. The number of hydrogen-bond acceptors (Lipinski definition) is 10. The molecule has 1 atom stereocenters. The van der Waals surface area contributed by atoms with Crippen LogP contribution in [0, 0.1) is 0 Å². The summed E-state index contributed by atoms with van der Waals surface area (Å²) in [5.74, 6) is -2.69. The van der Waals surface area contributed by atoms with Gasteiger partial charge in [0.05, 0.1) is 35.6 Å². The number of ether oxygens (including phenoxy) is 2. The van der Waals surface area contributed by atoms with Gasteiger partial charge in [0.15, 0.2) is 15.4 Å². The number of nitrogens with one attached hydrogen (secondary N) is 2. The zero-order valence-electron chi connectivity index (χ0n) is 32.9. The summed E-state index contributed by atoms with van der Waals surface area (Å²) in [4.78, 5) is 69.9. The Morgan fingerprint density at radius 1 is 0.643 bits per heavy atom. The van der Waals surface area contributed by atoms with Gasteiger partial charge in [0.1, 0.15) is 0 Å². The average molecular weight is 802 g/mol. The van der Waals surface area contributed by atoms with E-state index in [4.69, 9.17) is 9.47 Å². The van der Waals surface area contributed by atoms with Gasteiger partial charge in [-0.25, -0.2) is 14.6 Å². The van der Waals surface area contributed by atoms with Crippen molar-refractivity contribution in [3.05, 3.63) is 83.4 Å². The summed E-state index contributed by atoms with van der Waals surface area (Å²) >= 11 is 2.36. The predicted molar refractivity (Wildman–Crippen MR) is 226 cm³/mol. The van der Waals surface area contributed by atoms with Gasteiger partial charge in [0.2, 0.25) is 11.8 Å². The molecule has 0 bridgehead atoms. The molecule has 0 spiro atoms. The van der Waals surface area contributed by atoms with Crippen LogP contribution in [0.15, 0.2) is 71.1 Å². The van der Waals surface area contributed by atoms with Gasteiger partial charge in [-0.3, -0.25) is 14.4 Å². The third-order valence-electron chi connectivity index (χ3n) is 9.47. The molecule has 300 valence electrons. The summed E-state index contributed by atoms with van der Waals surface area (Å²) in [6, 6.07) is 18.0. The highest BCUT2D eigenvalue weighted by molar-refractivity contribution is 8.03. The number of anilines is 2. The van der Waals surface area contributed by atoms with Gasteiger partial charge in [-0.15, -0.1) is 11.3 Å². The van der Waals surface area contributed by atoms with Crippen LogP contribution in [0.4, 0.5) is 11.4 Å². The summed E-state index contributed by atoms with van der Waals surface area (Å²) in [7, 11) is 2.40. The first-order valence-electron chi connectivity index (χ1n) is 19.8. The van der Waals surface area contributed by atoms with Crippen molar-refractivity contribution in [2.75, 3.05) is 24.9 Å². The molecule has 0 aliphatic heterocycles. The number of aromatic nitrogens is 1. The average Bonchev–Trinajstić information content (AvgIpc) is 3.63. The van der Waals surface area contributed by atoms with Crippen LogP contribution in [-0.2, 0) is 19.1 Å². The van der Waals surface area contributed by atoms with Crippen LogP contribution in [0.3, 0.4) is 0 Å². The van der Waals surface area contributed by atoms with E-state index in [1.165, 1.54) is 121 Å². The Bertz CT molecular complexity index is 1830. The highest BCUT2D eigenvalue weighted by Gasteiger charge is 2.31. The van der Waals surface area contributed by atoms with Crippen LogP contribution in [0.1, 0.15) is 141 Å². The number of fused-ring (bicyclic) bond motifs is 1. The molecule has 1 heterocycles. The molecular formula is C44H55N3O7S2. The molecule has 2 N–H and O–H groups in total. The number of thiazole rings is 1. The lowest BCUT2D eigenvalue weighted by Gasteiger charge is -2.16. The second-order valence-electron chi connectivity index (χ2n) is 13.9. The molecule has 3 aromatic carbocycles. The van der Waals surface area contributed by atoms with Crippen molar-refractivity contribution in [1.29, 1.82) is 0 Å². The van der Waals surface area contributed by atoms with Crippen molar-refractivity contribution in [2.24, 2.45) is 0 Å². The maximum Gasteiger partial charge on any atom is 0.337 e. The van der Waals surface area contributed by atoms with Gasteiger partial charge in [-0.1, -0.05) is 121 Å². The van der Waals surface area contributed by atoms with E-state index in [1.807, 2.05) is 24.3 Å². The Labute approximate surface area is 338 Å². The number of Topliss-reactive ketones (excluding diaryl/α,β-unsaturated/α-hetero) is 1. The summed E-state index contributed by atoms with van der Waals surface area (Å²) in [5.41, 5.74) is 1.70. The third-order valence-corrected chi connectivity index (χ3v) is 11.8. The summed E-state index contributed by atoms with van der Waals surface area (Å²) in [5, 5.41) is 4.33. The van der Waals surface area contributed by atoms with Crippen LogP contribution in [-0.4, -0.2) is 54.0 Å². The standard InChI is InChI=1S/C44H55N3O7S2/c1-4-5-6-7-8-9-10-11-12-13-14-15-16-17-18-23-38(48)45-34-26-24-31(25-27-34)39(49)40(56-44-47-36-21-19-20-22-37(36)55-44)41(50)46-35-29-32(42(51)53-2)28-33(30-35)43(52)54-3/h19-22,24-30,40H,4-18,23H2,1-3H3,(H,45,48)(H,46,50)/t40-/m1/s1. The van der Waals surface area contributed by atoms with Gasteiger partial charge in [0, 0.05) is 23.4 Å². The van der Waals surface area contributed by atoms with E-state index in [1.54, 1.807) is 24.3 Å². The number of esters is 2. The quantitative estimate of drug-likeness (QED) is 0.0220. The Hall–Kier alpha value is -4.55. The molecule has 4 aromatic rings. The molecule has 0 aliphatic rings. The van der Waals surface area contributed by atoms with Crippen LogP contribution in [0.25, 0.3) is 10.2 Å². The van der Waals surface area contributed by atoms with E-state index >= 15 is 0 Å². The third kappa shape index (κ3) is 14.5. The van der Waals surface area contributed by atoms with E-state index in [-0.39, 0.29) is 28.3 Å². The topological polar surface area (TPSA) is 141 Å². The Morgan fingerprint density at radius 3 is 1.71 bits per heavy atom. The van der Waals surface area contributed by atoms with Crippen molar-refractivity contribution in [3.8, 4) is 0 Å². The molecule has 0 aliphatic carbocycles. The fourth-order valence-electron chi connectivity index (χ4n) is 6.36. The van der Waals surface area contributed by atoms with Crippen LogP contribution < -0.4 is 10.6 Å². The number of ketones is 1. The molecule has 0 saturated heterocycles. The van der Waals surface area contributed by atoms with Crippen molar-refractivity contribution in [3.63, 3.8) is 0 Å². The highest BCUT2D eigenvalue weighted by Crippen LogP contribution is 2.34. The van der Waals surface area contributed by atoms with E-state index in [0.29, 0.717) is 16.4 Å². The fraction of sp³-hybridized carbons (Fsp3) is 0.455. The highest BCUT2D eigenvalue weighted by atomic mass is 32.2. The lowest BCUT2D eigenvalue weighted by atomic mass is 10.0. The number of carbonyl (C=O) groups is 5. The Morgan fingerprint density at radius 2 is 1.18 bits per heavy atom. The number of para-hydroxylation sites is 1. The normalized spacial score (nSPS) is 11.6. The summed E-state index contributed by atoms with van der Waals surface area (Å²) in [6.07, 6.45) is 19.4. The molecule has 1 aromatic heterocycles. The number of carbonyl (C=O) groups excluding carboxylic acids is 5. The summed E-state index contributed by atoms with van der Waals surface area (Å²) < 4.78 is 11.0. The maximum atomic E-state index is 14.0. The molecule has 0 fully saturated rings. The van der Waals surface area contributed by atoms with Crippen molar-refractivity contribution < 1.29 is 33.4 Å². The number of thioether (sulfide) groups is 1. The van der Waals surface area contributed by atoms with E-state index in [9.17, 15) is 24.0 Å². The number of rotatable bonds is 25. The minimum absolute atomic E-state index is 0.0182. The van der Waals surface area contributed by atoms with Crippen LogP contribution in [0.5, 0.6) is 0 Å².